The van der Waals surface area contributed by atoms with E-state index in [1.54, 1.807) is 6.07 Å². The molecule has 0 saturated heterocycles. The molecule has 0 radical (unpaired) electrons. The van der Waals surface area contributed by atoms with Crippen LogP contribution in [-0.2, 0) is 22.6 Å². The van der Waals surface area contributed by atoms with Crippen LogP contribution in [0, 0.1) is 16.7 Å². The molecule has 0 spiro atoms. The molecule has 210 valence electrons. The van der Waals surface area contributed by atoms with Crippen molar-refractivity contribution in [1.29, 1.82) is 10.7 Å². The zero-order valence-electron chi connectivity index (χ0n) is 23.6. The lowest BCUT2D eigenvalue weighted by Crippen LogP contribution is -2.11. The molecule has 7 heteroatoms. The summed E-state index contributed by atoms with van der Waals surface area (Å²) in [6.45, 7) is 5.25. The van der Waals surface area contributed by atoms with Crippen LogP contribution in [-0.4, -0.2) is 44.5 Å². The van der Waals surface area contributed by atoms with Crippen molar-refractivity contribution in [3.63, 3.8) is 0 Å². The molecule has 39 heavy (non-hydrogen) atoms. The zero-order valence-corrected chi connectivity index (χ0v) is 23.6. The van der Waals surface area contributed by atoms with E-state index in [0.29, 0.717) is 18.7 Å². The Labute approximate surface area is 233 Å². The molecule has 3 aromatic rings. The van der Waals surface area contributed by atoms with Crippen molar-refractivity contribution in [2.45, 2.75) is 46.1 Å². The first-order valence-corrected chi connectivity index (χ1v) is 12.9. The number of carbonyl (C=O) groups excluding carboxylic acids is 1. The standard InChI is InChI=1S/C24H23NO3.C4H10.C3H5NO.CH4O/c25-24(21-6-2-1-3-7-21)18-28-23-14-10-20(11-15-23)17-27-22-12-8-19(9-13-22)5-4-16-26;1-3-4-2;1-5-3-2-4;1-2/h1-3,6-16,25H,4-5,17-18H2;3-4H2,1-2H3;3H2,1H3;2H,1H3. The first-order chi connectivity index (χ1) is 19.1. The van der Waals surface area contributed by atoms with Crippen LogP contribution < -0.4 is 9.47 Å². The Hall–Kier alpha value is -3.99. The highest BCUT2D eigenvalue weighted by atomic mass is 16.5. The number of aryl methyl sites for hydroxylation is 1. The third-order valence-electron chi connectivity index (χ3n) is 5.02. The number of ether oxygens (including phenoxy) is 3. The summed E-state index contributed by atoms with van der Waals surface area (Å²) >= 11 is 0. The van der Waals surface area contributed by atoms with Gasteiger partial charge in [0.25, 0.3) is 0 Å². The number of methoxy groups -OCH3 is 1. The first kappa shape index (κ1) is 35.0. The summed E-state index contributed by atoms with van der Waals surface area (Å²) in [5.74, 6) is 1.52. The molecule has 0 fully saturated rings. The van der Waals surface area contributed by atoms with Crippen LogP contribution in [0.4, 0.5) is 0 Å². The number of hydrogen-bond acceptors (Lipinski definition) is 7. The van der Waals surface area contributed by atoms with Gasteiger partial charge in [0, 0.05) is 20.6 Å². The smallest absolute Gasteiger partial charge is 0.133 e. The molecule has 0 saturated carbocycles. The Kier molecular flexibility index (Phi) is 21.9. The van der Waals surface area contributed by atoms with Crippen molar-refractivity contribution in [3.8, 4) is 17.6 Å². The average Bonchev–Trinajstić information content (AvgIpc) is 3.01. The molecule has 0 amide bonds. The predicted octanol–water partition coefficient (Wildman–Crippen LogP) is 6.42. The van der Waals surface area contributed by atoms with E-state index >= 15 is 0 Å². The Balaban J connectivity index is 0.00000112. The molecular weight excluding hydrogens is 492 g/mol. The Morgan fingerprint density at radius 3 is 1.87 bits per heavy atom. The summed E-state index contributed by atoms with van der Waals surface area (Å²) in [7, 11) is 2.49. The van der Waals surface area contributed by atoms with E-state index in [1.807, 2.05) is 78.9 Å². The average molecular weight is 535 g/mol. The summed E-state index contributed by atoms with van der Waals surface area (Å²) in [5.41, 5.74) is 3.48. The van der Waals surface area contributed by atoms with Crippen LogP contribution in [0.1, 0.15) is 49.8 Å². The zero-order chi connectivity index (χ0) is 29.1. The third kappa shape index (κ3) is 17.2. The first-order valence-electron chi connectivity index (χ1n) is 12.9. The van der Waals surface area contributed by atoms with E-state index in [0.717, 1.165) is 48.0 Å². The van der Waals surface area contributed by atoms with Gasteiger partial charge in [-0.3, -0.25) is 0 Å². The predicted molar refractivity (Wildman–Crippen MR) is 157 cm³/mol. The van der Waals surface area contributed by atoms with Gasteiger partial charge >= 0.3 is 0 Å². The van der Waals surface area contributed by atoms with Crippen molar-refractivity contribution < 1.29 is 24.1 Å². The molecule has 0 aromatic heterocycles. The topological polar surface area (TPSA) is 113 Å². The second-order valence-corrected chi connectivity index (χ2v) is 8.01. The number of hydrogen-bond donors (Lipinski definition) is 2. The number of unbranched alkanes of at least 4 members (excludes halogenated alkanes) is 1. The Morgan fingerprint density at radius 1 is 0.872 bits per heavy atom. The van der Waals surface area contributed by atoms with Gasteiger partial charge in [0.05, 0.1) is 11.8 Å². The maximum atomic E-state index is 10.4. The molecule has 0 aliphatic carbocycles. The molecule has 0 atom stereocenters. The summed E-state index contributed by atoms with van der Waals surface area (Å²) in [6, 6.07) is 26.9. The molecule has 0 heterocycles. The minimum Gasteiger partial charge on any atom is -0.489 e. The van der Waals surface area contributed by atoms with Gasteiger partial charge in [-0.25, -0.2) is 0 Å². The number of aldehydes is 1. The second kappa shape index (κ2) is 24.4. The summed E-state index contributed by atoms with van der Waals surface area (Å²) < 4.78 is 15.8. The van der Waals surface area contributed by atoms with Gasteiger partial charge in [0.15, 0.2) is 0 Å². The van der Waals surface area contributed by atoms with Crippen LogP contribution >= 0.6 is 0 Å². The van der Waals surface area contributed by atoms with Gasteiger partial charge in [-0.05, 0) is 47.4 Å². The van der Waals surface area contributed by atoms with Gasteiger partial charge < -0.3 is 29.5 Å². The van der Waals surface area contributed by atoms with Crippen molar-refractivity contribution in [3.05, 3.63) is 95.6 Å². The van der Waals surface area contributed by atoms with Crippen molar-refractivity contribution in [1.82, 2.24) is 0 Å². The molecule has 2 N–H and O–H groups in total. The molecule has 3 aromatic carbocycles. The molecule has 0 aliphatic rings. The maximum absolute atomic E-state index is 10.4. The van der Waals surface area contributed by atoms with E-state index in [9.17, 15) is 4.79 Å². The molecule has 3 rings (SSSR count). The number of benzene rings is 3. The monoisotopic (exact) mass is 534 g/mol. The molecule has 7 nitrogen and oxygen atoms in total. The highest BCUT2D eigenvalue weighted by molar-refractivity contribution is 5.99. The van der Waals surface area contributed by atoms with Gasteiger partial charge in [-0.2, -0.15) is 5.26 Å². The number of aliphatic hydroxyl groups is 1. The largest absolute Gasteiger partial charge is 0.489 e. The summed E-state index contributed by atoms with van der Waals surface area (Å²) in [6.07, 6.45) is 4.87. The number of nitrogens with one attached hydrogen (secondary N) is 1. The quantitative estimate of drug-likeness (QED) is 0.205. The number of nitriles is 1. The second-order valence-electron chi connectivity index (χ2n) is 8.01. The van der Waals surface area contributed by atoms with Crippen LogP contribution in [0.2, 0.25) is 0 Å². The van der Waals surface area contributed by atoms with Gasteiger partial charge in [0.1, 0.15) is 37.6 Å². The fourth-order valence-electron chi connectivity index (χ4n) is 2.77. The maximum Gasteiger partial charge on any atom is 0.133 e. The van der Waals surface area contributed by atoms with E-state index in [-0.39, 0.29) is 13.2 Å². The van der Waals surface area contributed by atoms with Gasteiger partial charge in [-0.15, -0.1) is 0 Å². The molecule has 0 aliphatic heterocycles. The SMILES string of the molecule is CCCC.CO.COCC#N.N=C(COc1ccc(COc2ccc(CCC=O)cc2)cc1)c1ccccc1. The Bertz CT molecular complexity index is 1040. The Morgan fingerprint density at radius 2 is 1.41 bits per heavy atom. The number of nitrogens with zero attached hydrogens (tertiary/aromatic N) is 1. The van der Waals surface area contributed by atoms with Crippen LogP contribution in [0.25, 0.3) is 0 Å². The van der Waals surface area contributed by atoms with E-state index < -0.39 is 0 Å². The van der Waals surface area contributed by atoms with Crippen LogP contribution in [0.15, 0.2) is 78.9 Å². The summed E-state index contributed by atoms with van der Waals surface area (Å²) in [5, 5.41) is 22.8. The van der Waals surface area contributed by atoms with Crippen LogP contribution in [0.5, 0.6) is 11.5 Å². The van der Waals surface area contributed by atoms with Gasteiger partial charge in [0.2, 0.25) is 0 Å². The third-order valence-corrected chi connectivity index (χ3v) is 5.02. The number of aliphatic hydroxyl groups excluding tert-OH is 1. The lowest BCUT2D eigenvalue weighted by atomic mass is 10.1. The highest BCUT2D eigenvalue weighted by Gasteiger charge is 2.03. The number of rotatable bonds is 12. The normalized spacial score (nSPS) is 9.13. The number of carbonyl (C=O) groups is 1. The lowest BCUT2D eigenvalue weighted by molar-refractivity contribution is -0.107. The van der Waals surface area contributed by atoms with Crippen molar-refractivity contribution >= 4 is 12.0 Å². The highest BCUT2D eigenvalue weighted by Crippen LogP contribution is 2.17. The van der Waals surface area contributed by atoms with E-state index in [1.165, 1.54) is 20.0 Å². The lowest BCUT2D eigenvalue weighted by Gasteiger charge is -2.10. The minimum atomic E-state index is 0.194. The molecular formula is C32H42N2O5. The van der Waals surface area contributed by atoms with Gasteiger partial charge in [-0.1, -0.05) is 81.3 Å². The van der Waals surface area contributed by atoms with E-state index in [4.69, 9.17) is 25.3 Å². The van der Waals surface area contributed by atoms with E-state index in [2.05, 4.69) is 18.6 Å². The minimum absolute atomic E-state index is 0.194. The fourth-order valence-corrected chi connectivity index (χ4v) is 2.77. The van der Waals surface area contributed by atoms with Crippen molar-refractivity contribution in [2.75, 3.05) is 27.4 Å². The fraction of sp³-hybridized carbons (Fsp3) is 0.344. The summed E-state index contributed by atoms with van der Waals surface area (Å²) in [4.78, 5) is 10.4. The molecule has 0 bridgehead atoms. The molecule has 0 unspecified atom stereocenters. The van der Waals surface area contributed by atoms with Crippen molar-refractivity contribution in [2.24, 2.45) is 0 Å². The van der Waals surface area contributed by atoms with Crippen LogP contribution in [0.3, 0.4) is 0 Å².